The summed E-state index contributed by atoms with van der Waals surface area (Å²) in [5.41, 5.74) is 2.04. The minimum absolute atomic E-state index is 0.0184. The quantitative estimate of drug-likeness (QED) is 0.737. The summed E-state index contributed by atoms with van der Waals surface area (Å²) in [4.78, 5) is 25.0. The number of aromatic nitrogens is 2. The van der Waals surface area contributed by atoms with Crippen LogP contribution in [0.5, 0.6) is 0 Å². The topological polar surface area (TPSA) is 72.5 Å². The minimum atomic E-state index is -0.446. The maximum Gasteiger partial charge on any atom is 0.203 e. The van der Waals surface area contributed by atoms with E-state index in [2.05, 4.69) is 26.7 Å². The molecule has 1 aliphatic rings. The van der Waals surface area contributed by atoms with E-state index in [4.69, 9.17) is 16.7 Å². The number of piperazine rings is 1. The number of aliphatic hydroxyl groups is 1. The number of carbonyl (C=O) groups excluding carboxylic acids is 1. The molecule has 2 N–H and O–H groups in total. The Bertz CT molecular complexity index is 833. The van der Waals surface area contributed by atoms with Gasteiger partial charge >= 0.3 is 0 Å². The van der Waals surface area contributed by atoms with Crippen LogP contribution in [0, 0.1) is 5.41 Å². The first-order chi connectivity index (χ1) is 12.8. The molecule has 1 fully saturated rings. The number of H-pyrrole nitrogens is 1. The number of rotatable bonds is 6. The Morgan fingerprint density at radius 1 is 1.41 bits per heavy atom. The van der Waals surface area contributed by atoms with Gasteiger partial charge in [-0.2, -0.15) is 0 Å². The molecule has 1 saturated heterocycles. The van der Waals surface area contributed by atoms with E-state index in [-0.39, 0.29) is 18.4 Å². The van der Waals surface area contributed by atoms with Crippen LogP contribution in [0.2, 0.25) is 5.02 Å². The van der Waals surface area contributed by atoms with Gasteiger partial charge in [-0.3, -0.25) is 9.69 Å². The molecular formula is C20H29ClN4O2. The number of nitrogens with zero attached hydrogens (tertiary/aromatic N) is 3. The van der Waals surface area contributed by atoms with Crippen LogP contribution in [0.3, 0.4) is 0 Å². The number of hydrogen-bond donors (Lipinski definition) is 2. The van der Waals surface area contributed by atoms with Crippen molar-refractivity contribution in [3.05, 3.63) is 23.0 Å². The molecule has 0 saturated carbocycles. The second-order valence-corrected chi connectivity index (χ2v) is 8.45. The molecule has 0 aliphatic carbocycles. The van der Waals surface area contributed by atoms with E-state index >= 15 is 0 Å². The highest BCUT2D eigenvalue weighted by Crippen LogP contribution is 2.33. The summed E-state index contributed by atoms with van der Waals surface area (Å²) >= 11 is 6.58. The Morgan fingerprint density at radius 2 is 2.15 bits per heavy atom. The highest BCUT2D eigenvalue weighted by molar-refractivity contribution is 6.34. The number of β-amino-alcohol motifs (C(OH)–C–C–N with tert-alkyl or cyclic N) is 1. The van der Waals surface area contributed by atoms with E-state index in [0.29, 0.717) is 17.4 Å². The van der Waals surface area contributed by atoms with Crippen LogP contribution in [0.1, 0.15) is 44.7 Å². The number of ketones is 1. The highest BCUT2D eigenvalue weighted by atomic mass is 35.5. The number of benzene rings is 1. The van der Waals surface area contributed by atoms with Crippen LogP contribution in [0.15, 0.2) is 12.1 Å². The lowest BCUT2D eigenvalue weighted by Gasteiger charge is -2.41. The molecule has 0 radical (unpaired) electrons. The first kappa shape index (κ1) is 20.1. The Labute approximate surface area is 165 Å². The number of imidazole rings is 1. The van der Waals surface area contributed by atoms with Gasteiger partial charge in [0.1, 0.15) is 0 Å². The minimum Gasteiger partial charge on any atom is -0.395 e. The normalized spacial score (nSPS) is 19.0. The van der Waals surface area contributed by atoms with Crippen molar-refractivity contribution in [2.75, 3.05) is 37.7 Å². The lowest BCUT2D eigenvalue weighted by Crippen LogP contribution is -2.52. The van der Waals surface area contributed by atoms with Crippen LogP contribution in [0.4, 0.5) is 5.69 Å². The van der Waals surface area contributed by atoms with Crippen molar-refractivity contribution >= 4 is 34.1 Å². The predicted octanol–water partition coefficient (Wildman–Crippen LogP) is 3.34. The van der Waals surface area contributed by atoms with Gasteiger partial charge in [0.2, 0.25) is 5.78 Å². The van der Waals surface area contributed by atoms with Gasteiger partial charge in [-0.25, -0.2) is 4.98 Å². The van der Waals surface area contributed by atoms with Crippen molar-refractivity contribution in [3.63, 3.8) is 0 Å². The van der Waals surface area contributed by atoms with Crippen molar-refractivity contribution in [3.8, 4) is 0 Å². The molecule has 1 aromatic carbocycles. The van der Waals surface area contributed by atoms with Gasteiger partial charge in [0, 0.05) is 37.6 Å². The zero-order valence-corrected chi connectivity index (χ0v) is 17.3. The van der Waals surface area contributed by atoms with E-state index < -0.39 is 5.41 Å². The molecule has 148 valence electrons. The number of hydrogen-bond acceptors (Lipinski definition) is 5. The second kappa shape index (κ2) is 7.78. The first-order valence-corrected chi connectivity index (χ1v) is 9.98. The molecule has 1 unspecified atom stereocenters. The number of halogens is 1. The van der Waals surface area contributed by atoms with Crippen LogP contribution < -0.4 is 4.90 Å². The number of carbonyl (C=O) groups is 1. The molecule has 1 aromatic heterocycles. The maximum absolute atomic E-state index is 12.7. The maximum atomic E-state index is 12.7. The number of fused-ring (bicyclic) bond motifs is 1. The van der Waals surface area contributed by atoms with Crippen LogP contribution >= 0.6 is 11.6 Å². The summed E-state index contributed by atoms with van der Waals surface area (Å²) in [5.74, 6) is 0.413. The summed E-state index contributed by atoms with van der Waals surface area (Å²) in [6.07, 6.45) is 0.754. The summed E-state index contributed by atoms with van der Waals surface area (Å²) in [7, 11) is 0. The fourth-order valence-corrected chi connectivity index (χ4v) is 3.84. The number of Topliss-reactive ketones (excluding diaryl/α,β-unsaturated/α-hetero) is 1. The zero-order chi connectivity index (χ0) is 19.8. The van der Waals surface area contributed by atoms with Gasteiger partial charge < -0.3 is 15.0 Å². The van der Waals surface area contributed by atoms with Crippen LogP contribution in [-0.2, 0) is 0 Å². The smallest absolute Gasteiger partial charge is 0.203 e. The monoisotopic (exact) mass is 392 g/mol. The lowest BCUT2D eigenvalue weighted by molar-refractivity contribution is 0.0823. The molecule has 2 heterocycles. The third-order valence-corrected chi connectivity index (χ3v) is 6.00. The van der Waals surface area contributed by atoms with Crippen molar-refractivity contribution in [2.45, 2.75) is 40.2 Å². The zero-order valence-electron chi connectivity index (χ0n) is 16.5. The molecule has 3 rings (SSSR count). The fourth-order valence-electron chi connectivity index (χ4n) is 3.56. The van der Waals surface area contributed by atoms with E-state index in [1.54, 1.807) is 0 Å². The predicted molar refractivity (Wildman–Crippen MR) is 110 cm³/mol. The van der Waals surface area contributed by atoms with Gasteiger partial charge in [-0.05, 0) is 25.5 Å². The highest BCUT2D eigenvalue weighted by Gasteiger charge is 2.30. The summed E-state index contributed by atoms with van der Waals surface area (Å²) in [6, 6.07) is 4.11. The van der Waals surface area contributed by atoms with E-state index in [1.807, 2.05) is 32.9 Å². The molecule has 2 aromatic rings. The Balaban J connectivity index is 1.90. The van der Waals surface area contributed by atoms with Crippen LogP contribution in [-0.4, -0.2) is 64.6 Å². The summed E-state index contributed by atoms with van der Waals surface area (Å²) in [5, 5.41) is 9.81. The molecular weight excluding hydrogens is 364 g/mol. The molecule has 27 heavy (non-hydrogen) atoms. The van der Waals surface area contributed by atoms with E-state index in [0.717, 1.165) is 42.8 Å². The van der Waals surface area contributed by atoms with E-state index in [1.165, 1.54) is 0 Å². The third kappa shape index (κ3) is 3.98. The Morgan fingerprint density at radius 3 is 2.78 bits per heavy atom. The summed E-state index contributed by atoms with van der Waals surface area (Å²) in [6.45, 7) is 11.5. The van der Waals surface area contributed by atoms with Crippen molar-refractivity contribution < 1.29 is 9.90 Å². The number of nitrogens with one attached hydrogen (secondary N) is 1. The first-order valence-electron chi connectivity index (χ1n) is 9.60. The lowest BCUT2D eigenvalue weighted by atomic mass is 9.85. The molecule has 0 amide bonds. The van der Waals surface area contributed by atoms with Gasteiger partial charge in [0.25, 0.3) is 0 Å². The summed E-state index contributed by atoms with van der Waals surface area (Å²) < 4.78 is 0. The molecule has 1 aliphatic heterocycles. The number of aromatic amines is 1. The largest absolute Gasteiger partial charge is 0.395 e. The average molecular weight is 393 g/mol. The number of anilines is 1. The Hall–Kier alpha value is -1.63. The molecule has 0 spiro atoms. The fraction of sp³-hybridized carbons (Fsp3) is 0.600. The van der Waals surface area contributed by atoms with Crippen molar-refractivity contribution in [1.82, 2.24) is 14.9 Å². The van der Waals surface area contributed by atoms with Gasteiger partial charge in [-0.15, -0.1) is 0 Å². The standard InChI is InChI=1S/C20H29ClN4O2/c1-5-20(3,4)18(27)19-22-15-10-14(21)17(11-16(15)23-19)25-7-6-24(8-9-26)12-13(25)2/h10-11,13,26H,5-9,12H2,1-4H3,(H,22,23). The SMILES string of the molecule is CCC(C)(C)C(=O)c1nc2cc(N3CCN(CCO)CC3C)c(Cl)cc2[nH]1. The molecule has 7 heteroatoms. The Kier molecular flexibility index (Phi) is 5.79. The van der Waals surface area contributed by atoms with Crippen LogP contribution in [0.25, 0.3) is 11.0 Å². The molecule has 0 bridgehead atoms. The number of aliphatic hydroxyl groups excluding tert-OH is 1. The van der Waals surface area contributed by atoms with Crippen molar-refractivity contribution in [2.24, 2.45) is 5.41 Å². The van der Waals surface area contributed by atoms with E-state index in [9.17, 15) is 4.79 Å². The average Bonchev–Trinajstić information content (AvgIpc) is 3.03. The van der Waals surface area contributed by atoms with Gasteiger partial charge in [0.05, 0.1) is 28.4 Å². The van der Waals surface area contributed by atoms with Crippen molar-refractivity contribution in [1.29, 1.82) is 0 Å². The molecule has 6 nitrogen and oxygen atoms in total. The van der Waals surface area contributed by atoms with Gasteiger partial charge in [-0.1, -0.05) is 32.4 Å². The molecule has 1 atom stereocenters. The van der Waals surface area contributed by atoms with Gasteiger partial charge in [0.15, 0.2) is 5.82 Å². The third-order valence-electron chi connectivity index (χ3n) is 5.70. The second-order valence-electron chi connectivity index (χ2n) is 8.04.